The molecule has 0 spiro atoms. The fourth-order valence-electron chi connectivity index (χ4n) is 2.64. The fraction of sp³-hybridized carbons (Fsp3) is 0.300. The van der Waals surface area contributed by atoms with Crippen molar-refractivity contribution < 1.29 is 14.6 Å². The minimum atomic E-state index is -1.41. The monoisotopic (exact) mass is 353 g/mol. The third-order valence-corrected chi connectivity index (χ3v) is 4.20. The highest BCUT2D eigenvalue weighted by Gasteiger charge is 2.38. The predicted molar refractivity (Wildman–Crippen MR) is 100 cm³/mol. The van der Waals surface area contributed by atoms with Crippen molar-refractivity contribution in [3.8, 4) is 11.8 Å². The molecule has 0 radical (unpaired) electrons. The Morgan fingerprint density at radius 3 is 2.54 bits per heavy atom. The minimum Gasteiger partial charge on any atom is -0.492 e. The van der Waals surface area contributed by atoms with Gasteiger partial charge in [-0.05, 0) is 55.3 Å². The molecule has 1 unspecified atom stereocenters. The topological polar surface area (TPSA) is 108 Å². The van der Waals surface area contributed by atoms with Crippen LogP contribution in [0.2, 0.25) is 0 Å². The number of nitrogens with two attached hydrogens (primary N) is 1. The smallest absolute Gasteiger partial charge is 0.333 e. The number of hydrogen-bond donors (Lipinski definition) is 3. The van der Waals surface area contributed by atoms with Gasteiger partial charge in [-0.1, -0.05) is 13.0 Å². The van der Waals surface area contributed by atoms with Crippen LogP contribution < -0.4 is 15.8 Å². The number of carboxylic acids is 1. The molecular weight excluding hydrogens is 330 g/mol. The maximum absolute atomic E-state index is 12.2. The lowest BCUT2D eigenvalue weighted by atomic mass is 9.89. The van der Waals surface area contributed by atoms with Crippen molar-refractivity contribution in [1.82, 2.24) is 0 Å². The van der Waals surface area contributed by atoms with E-state index in [-0.39, 0.29) is 0 Å². The first-order chi connectivity index (χ1) is 12.4. The Hall–Kier alpha value is -3.04. The second kappa shape index (κ2) is 8.37. The summed E-state index contributed by atoms with van der Waals surface area (Å²) in [6.07, 6.45) is 0.775. The summed E-state index contributed by atoms with van der Waals surface area (Å²) in [7, 11) is 0. The van der Waals surface area contributed by atoms with E-state index in [1.807, 2.05) is 25.1 Å². The first-order valence-corrected chi connectivity index (χ1v) is 8.42. The number of nitrogens with one attached hydrogen (secondary N) is 1. The summed E-state index contributed by atoms with van der Waals surface area (Å²) in [5.74, 6) is -0.550. The Bertz CT molecular complexity index is 812. The van der Waals surface area contributed by atoms with Crippen molar-refractivity contribution in [3.05, 3.63) is 59.2 Å². The van der Waals surface area contributed by atoms with Gasteiger partial charge >= 0.3 is 5.97 Å². The van der Waals surface area contributed by atoms with Crippen LogP contribution in [-0.2, 0) is 16.8 Å². The SMILES string of the molecule is CCc1ccc(OCCN)c(C(C)(Nc2ccc(C#N)cc2)C(=O)O)c1. The van der Waals surface area contributed by atoms with Crippen molar-refractivity contribution in [2.24, 2.45) is 5.73 Å². The van der Waals surface area contributed by atoms with Gasteiger partial charge in [0, 0.05) is 17.8 Å². The molecular formula is C20H23N3O3. The molecule has 0 fully saturated rings. The third-order valence-electron chi connectivity index (χ3n) is 4.20. The molecule has 1 atom stereocenters. The number of ether oxygens (including phenoxy) is 1. The first-order valence-electron chi connectivity index (χ1n) is 8.42. The van der Waals surface area contributed by atoms with Crippen molar-refractivity contribution >= 4 is 11.7 Å². The van der Waals surface area contributed by atoms with Crippen LogP contribution in [0.4, 0.5) is 5.69 Å². The van der Waals surface area contributed by atoms with E-state index in [9.17, 15) is 9.90 Å². The van der Waals surface area contributed by atoms with Gasteiger partial charge in [-0.2, -0.15) is 5.26 Å². The highest BCUT2D eigenvalue weighted by molar-refractivity contribution is 5.85. The average Bonchev–Trinajstić information content (AvgIpc) is 2.66. The Kier molecular flexibility index (Phi) is 6.21. The van der Waals surface area contributed by atoms with Gasteiger partial charge in [0.2, 0.25) is 0 Å². The van der Waals surface area contributed by atoms with E-state index >= 15 is 0 Å². The standard InChI is InChI=1S/C20H23N3O3/c1-3-14-6-9-18(26-11-10-21)17(12-14)20(2,19(24)25)23-16-7-4-15(13-22)5-8-16/h4-9,12,23H,3,10-11,21H2,1-2H3,(H,24,25). The number of benzene rings is 2. The van der Waals surface area contributed by atoms with E-state index in [4.69, 9.17) is 15.7 Å². The number of rotatable bonds is 8. The normalized spacial score (nSPS) is 12.7. The second-order valence-electron chi connectivity index (χ2n) is 6.07. The molecule has 2 aromatic carbocycles. The maximum Gasteiger partial charge on any atom is 0.333 e. The largest absolute Gasteiger partial charge is 0.492 e. The zero-order valence-corrected chi connectivity index (χ0v) is 15.0. The van der Waals surface area contributed by atoms with Crippen molar-refractivity contribution in [1.29, 1.82) is 5.26 Å². The molecule has 0 aromatic heterocycles. The molecule has 0 saturated carbocycles. The average molecular weight is 353 g/mol. The molecule has 4 N–H and O–H groups in total. The first kappa shape index (κ1) is 19.3. The van der Waals surface area contributed by atoms with Crippen LogP contribution in [0, 0.1) is 11.3 Å². The van der Waals surface area contributed by atoms with Crippen LogP contribution >= 0.6 is 0 Å². The molecule has 0 amide bonds. The molecule has 6 heteroatoms. The molecule has 6 nitrogen and oxygen atoms in total. The molecule has 0 aliphatic rings. The van der Waals surface area contributed by atoms with Crippen LogP contribution in [0.25, 0.3) is 0 Å². The van der Waals surface area contributed by atoms with Crippen LogP contribution in [0.5, 0.6) is 5.75 Å². The number of aliphatic carboxylic acids is 1. The van der Waals surface area contributed by atoms with E-state index in [1.54, 1.807) is 37.3 Å². The molecule has 2 rings (SSSR count). The number of hydrogen-bond acceptors (Lipinski definition) is 5. The maximum atomic E-state index is 12.2. The second-order valence-corrected chi connectivity index (χ2v) is 6.07. The van der Waals surface area contributed by atoms with Gasteiger partial charge in [0.25, 0.3) is 0 Å². The van der Waals surface area contributed by atoms with E-state index in [0.717, 1.165) is 12.0 Å². The van der Waals surface area contributed by atoms with Crippen LogP contribution in [0.15, 0.2) is 42.5 Å². The molecule has 0 aliphatic heterocycles. The Morgan fingerprint density at radius 1 is 1.31 bits per heavy atom. The minimum absolute atomic E-state index is 0.297. The number of carbonyl (C=O) groups is 1. The summed E-state index contributed by atoms with van der Waals surface area (Å²) >= 11 is 0. The van der Waals surface area contributed by atoms with Crippen LogP contribution in [-0.4, -0.2) is 24.2 Å². The van der Waals surface area contributed by atoms with Gasteiger partial charge in [-0.15, -0.1) is 0 Å². The summed E-state index contributed by atoms with van der Waals surface area (Å²) in [4.78, 5) is 12.2. The molecule has 0 bridgehead atoms. The Morgan fingerprint density at radius 2 is 2.00 bits per heavy atom. The lowest BCUT2D eigenvalue weighted by Crippen LogP contribution is -2.41. The summed E-state index contributed by atoms with van der Waals surface area (Å²) in [6, 6.07) is 14.2. The van der Waals surface area contributed by atoms with Gasteiger partial charge in [0.1, 0.15) is 12.4 Å². The van der Waals surface area contributed by atoms with Crippen molar-refractivity contribution in [3.63, 3.8) is 0 Å². The van der Waals surface area contributed by atoms with Gasteiger partial charge in [0.05, 0.1) is 11.6 Å². The van der Waals surface area contributed by atoms with Gasteiger partial charge in [-0.3, -0.25) is 0 Å². The summed E-state index contributed by atoms with van der Waals surface area (Å²) < 4.78 is 5.68. The number of nitrogens with zero attached hydrogens (tertiary/aromatic N) is 1. The molecule has 26 heavy (non-hydrogen) atoms. The zero-order chi connectivity index (χ0) is 19.2. The van der Waals surface area contributed by atoms with Crippen molar-refractivity contribution in [2.45, 2.75) is 25.8 Å². The molecule has 136 valence electrons. The molecule has 2 aromatic rings. The van der Waals surface area contributed by atoms with Gasteiger partial charge in [-0.25, -0.2) is 4.79 Å². The number of carboxylic acid groups (broad SMARTS) is 1. The van der Waals surface area contributed by atoms with E-state index in [0.29, 0.717) is 35.7 Å². The zero-order valence-electron chi connectivity index (χ0n) is 15.0. The number of anilines is 1. The van der Waals surface area contributed by atoms with Gasteiger partial charge < -0.3 is 20.9 Å². The van der Waals surface area contributed by atoms with Gasteiger partial charge in [0.15, 0.2) is 5.54 Å². The summed E-state index contributed by atoms with van der Waals surface area (Å²) in [5.41, 5.74) is 6.75. The van der Waals surface area contributed by atoms with E-state index < -0.39 is 11.5 Å². The highest BCUT2D eigenvalue weighted by Crippen LogP contribution is 2.34. The fourth-order valence-corrected chi connectivity index (χ4v) is 2.64. The van der Waals surface area contributed by atoms with Crippen LogP contribution in [0.3, 0.4) is 0 Å². The Balaban J connectivity index is 2.49. The highest BCUT2D eigenvalue weighted by atomic mass is 16.5. The van der Waals surface area contributed by atoms with E-state index in [1.165, 1.54) is 0 Å². The summed E-state index contributed by atoms with van der Waals surface area (Å²) in [6.45, 7) is 4.23. The van der Waals surface area contributed by atoms with Crippen molar-refractivity contribution in [2.75, 3.05) is 18.5 Å². The van der Waals surface area contributed by atoms with Crippen LogP contribution in [0.1, 0.15) is 30.5 Å². The lowest BCUT2D eigenvalue weighted by molar-refractivity contribution is -0.142. The molecule has 0 heterocycles. The lowest BCUT2D eigenvalue weighted by Gasteiger charge is -2.30. The predicted octanol–water partition coefficient (Wildman–Crippen LogP) is 2.87. The number of nitriles is 1. The third kappa shape index (κ3) is 4.13. The quantitative estimate of drug-likeness (QED) is 0.673. The molecule has 0 saturated heterocycles. The molecule has 0 aliphatic carbocycles. The number of aryl methyl sites for hydroxylation is 1. The summed E-state index contributed by atoms with van der Waals surface area (Å²) in [5, 5.41) is 21.9. The van der Waals surface area contributed by atoms with E-state index in [2.05, 4.69) is 5.32 Å². The Labute approximate surface area is 153 Å².